The second-order valence-electron chi connectivity index (χ2n) is 7.65. The van der Waals surface area contributed by atoms with E-state index in [2.05, 4.69) is 15.5 Å². The van der Waals surface area contributed by atoms with Crippen LogP contribution >= 0.6 is 0 Å². The molecule has 2 aromatic rings. The fraction of sp³-hybridized carbons (Fsp3) is 0.571. The van der Waals surface area contributed by atoms with Crippen molar-refractivity contribution >= 4 is 11.7 Å². The summed E-state index contributed by atoms with van der Waals surface area (Å²) in [5, 5.41) is 16.8. The zero-order chi connectivity index (χ0) is 22.1. The number of rotatable bonds is 11. The predicted octanol–water partition coefficient (Wildman–Crippen LogP) is 3.13. The summed E-state index contributed by atoms with van der Waals surface area (Å²) >= 11 is 0. The monoisotopic (exact) mass is 420 g/mol. The molecule has 0 radical (unpaired) electrons. The van der Waals surface area contributed by atoms with Crippen molar-refractivity contribution in [2.45, 2.75) is 45.8 Å². The summed E-state index contributed by atoms with van der Waals surface area (Å²) in [4.78, 5) is 18.1. The van der Waals surface area contributed by atoms with Gasteiger partial charge in [0, 0.05) is 24.2 Å². The van der Waals surface area contributed by atoms with Crippen LogP contribution in [0.25, 0.3) is 11.5 Å². The lowest BCUT2D eigenvalue weighted by molar-refractivity contribution is -0.0144. The van der Waals surface area contributed by atoms with E-state index in [0.717, 1.165) is 5.56 Å². The maximum Gasteiger partial charge on any atom is 0.321 e. The summed E-state index contributed by atoms with van der Waals surface area (Å²) < 4.78 is 16.0. The zero-order valence-corrected chi connectivity index (χ0v) is 18.3. The van der Waals surface area contributed by atoms with Gasteiger partial charge in [-0.3, -0.25) is 0 Å². The molecule has 1 atom stereocenters. The third-order valence-electron chi connectivity index (χ3n) is 4.16. The van der Waals surface area contributed by atoms with Gasteiger partial charge in [-0.2, -0.15) is 4.98 Å². The molecule has 1 heterocycles. The van der Waals surface area contributed by atoms with Crippen molar-refractivity contribution in [3.63, 3.8) is 0 Å². The van der Waals surface area contributed by atoms with Crippen molar-refractivity contribution in [3.8, 4) is 11.5 Å². The molecule has 1 aromatic carbocycles. The van der Waals surface area contributed by atoms with Gasteiger partial charge in [0.05, 0.1) is 38.6 Å². The van der Waals surface area contributed by atoms with Gasteiger partial charge in [-0.1, -0.05) is 19.0 Å². The molecule has 0 spiro atoms. The van der Waals surface area contributed by atoms with E-state index in [1.165, 1.54) is 4.90 Å². The highest BCUT2D eigenvalue weighted by atomic mass is 16.5. The molecule has 0 fully saturated rings. The van der Waals surface area contributed by atoms with E-state index in [1.807, 2.05) is 27.7 Å². The van der Waals surface area contributed by atoms with Crippen LogP contribution < -0.4 is 5.32 Å². The molecule has 166 valence electrons. The molecule has 0 bridgehead atoms. The number of hydrogen-bond acceptors (Lipinski definition) is 7. The van der Waals surface area contributed by atoms with E-state index < -0.39 is 6.10 Å². The maximum absolute atomic E-state index is 12.3. The van der Waals surface area contributed by atoms with Crippen LogP contribution in [0.5, 0.6) is 0 Å². The van der Waals surface area contributed by atoms with Crippen LogP contribution in [0.4, 0.5) is 10.5 Å². The lowest BCUT2D eigenvalue weighted by Gasteiger charge is -2.21. The quantitative estimate of drug-likeness (QED) is 0.537. The minimum absolute atomic E-state index is 0.135. The smallest absolute Gasteiger partial charge is 0.321 e. The summed E-state index contributed by atoms with van der Waals surface area (Å²) in [6, 6.07) is 6.79. The van der Waals surface area contributed by atoms with Crippen molar-refractivity contribution in [2.24, 2.45) is 0 Å². The largest absolute Gasteiger partial charge is 0.389 e. The van der Waals surface area contributed by atoms with E-state index in [-0.39, 0.29) is 31.2 Å². The molecule has 2 N–H and O–H groups in total. The number of urea groups is 1. The molecule has 1 unspecified atom stereocenters. The van der Waals surface area contributed by atoms with Gasteiger partial charge in [0.2, 0.25) is 0 Å². The van der Waals surface area contributed by atoms with Gasteiger partial charge < -0.3 is 29.3 Å². The third-order valence-corrected chi connectivity index (χ3v) is 4.16. The van der Waals surface area contributed by atoms with Gasteiger partial charge >= 0.3 is 6.03 Å². The van der Waals surface area contributed by atoms with Crippen LogP contribution in [0.2, 0.25) is 0 Å². The molecular weight excluding hydrogens is 388 g/mol. The molecule has 2 amide bonds. The van der Waals surface area contributed by atoms with Crippen LogP contribution in [0.3, 0.4) is 0 Å². The summed E-state index contributed by atoms with van der Waals surface area (Å²) in [5.41, 5.74) is 1.39. The minimum atomic E-state index is -0.783. The number of ether oxygens (including phenoxy) is 2. The Labute approximate surface area is 177 Å². The second kappa shape index (κ2) is 11.6. The highest BCUT2D eigenvalue weighted by Crippen LogP contribution is 2.21. The topological polar surface area (TPSA) is 110 Å². The number of nitrogens with zero attached hydrogens (tertiary/aromatic N) is 3. The fourth-order valence-corrected chi connectivity index (χ4v) is 2.52. The Morgan fingerprint density at radius 3 is 2.50 bits per heavy atom. The van der Waals surface area contributed by atoms with Gasteiger partial charge in [-0.05, 0) is 38.1 Å². The zero-order valence-electron chi connectivity index (χ0n) is 18.3. The molecule has 0 aliphatic carbocycles. The van der Waals surface area contributed by atoms with Crippen molar-refractivity contribution in [3.05, 3.63) is 30.1 Å². The molecule has 0 aliphatic heterocycles. The lowest BCUT2D eigenvalue weighted by Crippen LogP contribution is -2.39. The number of anilines is 1. The predicted molar refractivity (Wildman–Crippen MR) is 113 cm³/mol. The lowest BCUT2D eigenvalue weighted by atomic mass is 10.2. The number of amides is 2. The van der Waals surface area contributed by atoms with Gasteiger partial charge in [-0.25, -0.2) is 4.79 Å². The van der Waals surface area contributed by atoms with Gasteiger partial charge in [0.1, 0.15) is 0 Å². The first-order valence-corrected chi connectivity index (χ1v) is 10.1. The Hall–Kier alpha value is -2.49. The molecule has 9 nitrogen and oxygen atoms in total. The van der Waals surface area contributed by atoms with Crippen LogP contribution in [0, 0.1) is 0 Å². The second-order valence-corrected chi connectivity index (χ2v) is 7.65. The van der Waals surface area contributed by atoms with Crippen LogP contribution in [-0.4, -0.2) is 71.8 Å². The van der Waals surface area contributed by atoms with E-state index in [4.69, 9.17) is 14.0 Å². The molecule has 0 saturated carbocycles. The van der Waals surface area contributed by atoms with E-state index >= 15 is 0 Å². The van der Waals surface area contributed by atoms with Crippen molar-refractivity contribution in [1.82, 2.24) is 15.0 Å². The molecule has 2 rings (SSSR count). The SMILES string of the molecule is CC(C)OCCOCC(O)CN(C)C(=O)Nc1ccc(-c2nc(C(C)C)no2)cc1. The molecule has 0 aliphatic rings. The number of aliphatic hydroxyl groups is 1. The molecule has 9 heteroatoms. The Kier molecular flexibility index (Phi) is 9.22. The summed E-state index contributed by atoms with van der Waals surface area (Å²) in [5.74, 6) is 1.28. The van der Waals surface area contributed by atoms with Crippen LogP contribution in [0.1, 0.15) is 39.4 Å². The number of aromatic nitrogens is 2. The first-order chi connectivity index (χ1) is 14.3. The maximum atomic E-state index is 12.3. The molecule has 0 saturated heterocycles. The number of benzene rings is 1. The van der Waals surface area contributed by atoms with E-state index in [0.29, 0.717) is 30.6 Å². The Morgan fingerprint density at radius 2 is 1.90 bits per heavy atom. The van der Waals surface area contributed by atoms with Crippen molar-refractivity contribution in [2.75, 3.05) is 38.7 Å². The molecule has 30 heavy (non-hydrogen) atoms. The molecular formula is C21H32N4O5. The fourth-order valence-electron chi connectivity index (χ4n) is 2.52. The highest BCUT2D eigenvalue weighted by molar-refractivity contribution is 5.89. The summed E-state index contributed by atoms with van der Waals surface area (Å²) in [6.07, 6.45) is -0.637. The number of likely N-dealkylation sites (N-methyl/N-ethyl adjacent to an activating group) is 1. The van der Waals surface area contributed by atoms with Crippen LogP contribution in [0.15, 0.2) is 28.8 Å². The Morgan fingerprint density at radius 1 is 1.20 bits per heavy atom. The summed E-state index contributed by atoms with van der Waals surface area (Å²) in [7, 11) is 1.61. The van der Waals surface area contributed by atoms with Crippen molar-refractivity contribution in [1.29, 1.82) is 0 Å². The standard InChI is InChI=1S/C21H32N4O5/c1-14(2)19-23-20(30-24-19)16-6-8-17(9-7-16)22-21(27)25(5)12-18(26)13-28-10-11-29-15(3)4/h6-9,14-15,18,26H,10-13H2,1-5H3,(H,22,27). The van der Waals surface area contributed by atoms with E-state index in [9.17, 15) is 9.90 Å². The Bertz CT molecular complexity index is 776. The Balaban J connectivity index is 1.77. The van der Waals surface area contributed by atoms with Gasteiger partial charge in [-0.15, -0.1) is 0 Å². The minimum Gasteiger partial charge on any atom is -0.389 e. The average molecular weight is 421 g/mol. The van der Waals surface area contributed by atoms with Crippen molar-refractivity contribution < 1.29 is 23.9 Å². The normalized spacial score (nSPS) is 12.4. The van der Waals surface area contributed by atoms with Crippen LogP contribution in [-0.2, 0) is 9.47 Å². The molecule has 1 aromatic heterocycles. The summed E-state index contributed by atoms with van der Waals surface area (Å²) in [6.45, 7) is 9.04. The number of carbonyl (C=O) groups is 1. The van der Waals surface area contributed by atoms with E-state index in [1.54, 1.807) is 31.3 Å². The highest BCUT2D eigenvalue weighted by Gasteiger charge is 2.15. The van der Waals surface area contributed by atoms with Gasteiger partial charge in [0.25, 0.3) is 5.89 Å². The van der Waals surface area contributed by atoms with Gasteiger partial charge in [0.15, 0.2) is 5.82 Å². The first-order valence-electron chi connectivity index (χ1n) is 10.1. The number of hydrogen-bond donors (Lipinski definition) is 2. The first kappa shape index (κ1) is 23.8. The average Bonchev–Trinajstić information content (AvgIpc) is 3.18. The number of carbonyl (C=O) groups excluding carboxylic acids is 1. The number of nitrogens with one attached hydrogen (secondary N) is 1. The third kappa shape index (κ3) is 7.74. The number of aliphatic hydroxyl groups excluding tert-OH is 1.